The Bertz CT molecular complexity index is 332. The van der Waals surface area contributed by atoms with Crippen molar-refractivity contribution in [2.75, 3.05) is 0 Å². The van der Waals surface area contributed by atoms with Crippen molar-refractivity contribution in [2.24, 2.45) is 0 Å². The highest BCUT2D eigenvalue weighted by molar-refractivity contribution is 9.10. The van der Waals surface area contributed by atoms with E-state index in [4.69, 9.17) is 0 Å². The van der Waals surface area contributed by atoms with Gasteiger partial charge in [-0.3, -0.25) is 0 Å². The maximum atomic E-state index is 11.9. The second kappa shape index (κ2) is 5.20. The molecule has 83 valence electrons. The lowest BCUT2D eigenvalue weighted by molar-refractivity contribution is -0.0692. The lowest BCUT2D eigenvalue weighted by Crippen LogP contribution is -2.07. The van der Waals surface area contributed by atoms with Crippen molar-refractivity contribution in [2.45, 2.75) is 13.2 Å². The van der Waals surface area contributed by atoms with Crippen molar-refractivity contribution in [3.63, 3.8) is 0 Å². The standard InChI is InChI=1S/C8H4BrF4O2/c9-4-1-2-5(14-7(10)11)6(3-4)15-8(12)13/h2-3,7-8H. The maximum Gasteiger partial charge on any atom is 0.387 e. The molecule has 7 heteroatoms. The van der Waals surface area contributed by atoms with E-state index < -0.39 is 24.7 Å². The van der Waals surface area contributed by atoms with Crippen molar-refractivity contribution in [1.29, 1.82) is 0 Å². The first kappa shape index (κ1) is 12.1. The zero-order valence-corrected chi connectivity index (χ0v) is 8.60. The van der Waals surface area contributed by atoms with Crippen LogP contribution in [0.25, 0.3) is 0 Å². The third kappa shape index (κ3) is 3.94. The zero-order chi connectivity index (χ0) is 11.4. The van der Waals surface area contributed by atoms with Gasteiger partial charge in [-0.05, 0) is 12.1 Å². The van der Waals surface area contributed by atoms with Crippen molar-refractivity contribution in [1.82, 2.24) is 0 Å². The number of hydrogen-bond donors (Lipinski definition) is 0. The normalized spacial score (nSPS) is 10.9. The van der Waals surface area contributed by atoms with Gasteiger partial charge in [-0.1, -0.05) is 15.9 Å². The van der Waals surface area contributed by atoms with Crippen LogP contribution in [-0.2, 0) is 0 Å². The molecule has 0 unspecified atom stereocenters. The molecule has 0 amide bonds. The van der Waals surface area contributed by atoms with Gasteiger partial charge in [0.2, 0.25) is 0 Å². The van der Waals surface area contributed by atoms with Crippen LogP contribution in [-0.4, -0.2) is 13.2 Å². The summed E-state index contributed by atoms with van der Waals surface area (Å²) in [5.41, 5.74) is 0. The predicted octanol–water partition coefficient (Wildman–Crippen LogP) is 3.45. The largest absolute Gasteiger partial charge is 0.431 e. The minimum Gasteiger partial charge on any atom is -0.431 e. The molecule has 0 aliphatic carbocycles. The molecule has 0 N–H and O–H groups in total. The average molecular weight is 288 g/mol. The van der Waals surface area contributed by atoms with Gasteiger partial charge in [0.25, 0.3) is 0 Å². The van der Waals surface area contributed by atoms with Crippen molar-refractivity contribution < 1.29 is 27.0 Å². The van der Waals surface area contributed by atoms with Gasteiger partial charge in [-0.15, -0.1) is 0 Å². The lowest BCUT2D eigenvalue weighted by Gasteiger charge is -2.11. The molecule has 0 bridgehead atoms. The van der Waals surface area contributed by atoms with E-state index in [0.29, 0.717) is 4.47 Å². The average Bonchev–Trinajstić information content (AvgIpc) is 2.08. The highest BCUT2D eigenvalue weighted by Gasteiger charge is 2.14. The van der Waals surface area contributed by atoms with Crippen LogP contribution in [0.1, 0.15) is 0 Å². The summed E-state index contributed by atoms with van der Waals surface area (Å²) >= 11 is 2.93. The number of rotatable bonds is 4. The predicted molar refractivity (Wildman–Crippen MR) is 46.2 cm³/mol. The molecule has 0 aliphatic rings. The number of benzene rings is 1. The summed E-state index contributed by atoms with van der Waals surface area (Å²) in [4.78, 5) is 0. The molecule has 0 saturated carbocycles. The Balaban J connectivity index is 2.92. The van der Waals surface area contributed by atoms with Crippen LogP contribution < -0.4 is 9.47 Å². The third-order valence-electron chi connectivity index (χ3n) is 1.27. The second-order valence-electron chi connectivity index (χ2n) is 2.27. The van der Waals surface area contributed by atoms with E-state index in [0.717, 1.165) is 12.1 Å². The number of alkyl halides is 4. The van der Waals surface area contributed by atoms with Gasteiger partial charge < -0.3 is 9.47 Å². The number of hydrogen-bond acceptors (Lipinski definition) is 2. The smallest absolute Gasteiger partial charge is 0.387 e. The third-order valence-corrected chi connectivity index (χ3v) is 1.73. The van der Waals surface area contributed by atoms with Gasteiger partial charge in [0.15, 0.2) is 11.5 Å². The van der Waals surface area contributed by atoms with Crippen molar-refractivity contribution in [3.8, 4) is 11.5 Å². The SMILES string of the molecule is FC(F)Oc1c[c]c(Br)cc1OC(F)F. The Labute approximate surface area is 90.9 Å². The summed E-state index contributed by atoms with van der Waals surface area (Å²) in [6.07, 6.45) is 0. The van der Waals surface area contributed by atoms with Gasteiger partial charge in [0.05, 0.1) is 0 Å². The molecule has 0 heterocycles. The molecule has 0 aliphatic heterocycles. The molecule has 0 fully saturated rings. The second-order valence-corrected chi connectivity index (χ2v) is 3.12. The van der Waals surface area contributed by atoms with Gasteiger partial charge in [0.1, 0.15) is 0 Å². The first-order valence-electron chi connectivity index (χ1n) is 3.60. The van der Waals surface area contributed by atoms with Crippen LogP contribution in [0.5, 0.6) is 11.5 Å². The van der Waals surface area contributed by atoms with Gasteiger partial charge in [-0.25, -0.2) is 0 Å². The molecule has 0 atom stereocenters. The molecule has 15 heavy (non-hydrogen) atoms. The Morgan fingerprint density at radius 3 is 2.13 bits per heavy atom. The van der Waals surface area contributed by atoms with Crippen LogP contribution in [0.3, 0.4) is 0 Å². The molecule has 1 aromatic carbocycles. The fourth-order valence-corrected chi connectivity index (χ4v) is 1.13. The first-order chi connectivity index (χ1) is 6.99. The number of ether oxygens (including phenoxy) is 2. The molecule has 0 saturated heterocycles. The van der Waals surface area contributed by atoms with Gasteiger partial charge >= 0.3 is 13.2 Å². The molecule has 0 aromatic heterocycles. The maximum absolute atomic E-state index is 11.9. The Hall–Kier alpha value is -0.980. The Morgan fingerprint density at radius 1 is 1.07 bits per heavy atom. The molecular weight excluding hydrogens is 284 g/mol. The summed E-state index contributed by atoms with van der Waals surface area (Å²) in [5, 5.41) is 0. The first-order valence-corrected chi connectivity index (χ1v) is 4.39. The Morgan fingerprint density at radius 2 is 1.60 bits per heavy atom. The summed E-state index contributed by atoms with van der Waals surface area (Å²) in [6, 6.07) is 4.49. The molecule has 1 aromatic rings. The van der Waals surface area contributed by atoms with Crippen LogP contribution in [0, 0.1) is 6.07 Å². The lowest BCUT2D eigenvalue weighted by atomic mass is 10.3. The monoisotopic (exact) mass is 287 g/mol. The molecular formula is C8H4BrF4O2. The van der Waals surface area contributed by atoms with Crippen LogP contribution in [0.2, 0.25) is 0 Å². The highest BCUT2D eigenvalue weighted by Crippen LogP contribution is 2.32. The summed E-state index contributed by atoms with van der Waals surface area (Å²) in [7, 11) is 0. The summed E-state index contributed by atoms with van der Waals surface area (Å²) < 4.78 is 55.7. The zero-order valence-electron chi connectivity index (χ0n) is 7.02. The minimum atomic E-state index is -3.11. The molecule has 1 radical (unpaired) electrons. The highest BCUT2D eigenvalue weighted by atomic mass is 79.9. The fourth-order valence-electron chi connectivity index (χ4n) is 0.810. The van der Waals surface area contributed by atoms with E-state index in [-0.39, 0.29) is 0 Å². The summed E-state index contributed by atoms with van der Waals surface area (Å²) in [6.45, 7) is -6.22. The van der Waals surface area contributed by atoms with Gasteiger partial charge in [-0.2, -0.15) is 17.6 Å². The molecule has 0 spiro atoms. The van der Waals surface area contributed by atoms with E-state index in [1.54, 1.807) is 0 Å². The minimum absolute atomic E-state index is 0.291. The van der Waals surface area contributed by atoms with Crippen molar-refractivity contribution in [3.05, 3.63) is 22.7 Å². The van der Waals surface area contributed by atoms with Crippen molar-refractivity contribution >= 4 is 15.9 Å². The van der Waals surface area contributed by atoms with E-state index in [9.17, 15) is 17.6 Å². The van der Waals surface area contributed by atoms with E-state index in [1.807, 2.05) is 0 Å². The summed E-state index contributed by atoms with van der Waals surface area (Å²) in [5.74, 6) is -0.968. The molecule has 2 nitrogen and oxygen atoms in total. The van der Waals surface area contributed by atoms with E-state index in [2.05, 4.69) is 31.5 Å². The number of halogens is 5. The fraction of sp³-hybridized carbons (Fsp3) is 0.250. The van der Waals surface area contributed by atoms with E-state index >= 15 is 0 Å². The quantitative estimate of drug-likeness (QED) is 0.790. The molecule has 1 rings (SSSR count). The van der Waals surface area contributed by atoms with Gasteiger partial charge in [0, 0.05) is 10.5 Å². The van der Waals surface area contributed by atoms with Crippen LogP contribution in [0.15, 0.2) is 16.6 Å². The van der Waals surface area contributed by atoms with Crippen LogP contribution in [0.4, 0.5) is 17.6 Å². The topological polar surface area (TPSA) is 18.5 Å². The van der Waals surface area contributed by atoms with E-state index in [1.165, 1.54) is 0 Å². The Kier molecular flexibility index (Phi) is 4.19. The van der Waals surface area contributed by atoms with Crippen LogP contribution >= 0.6 is 15.9 Å².